The molecule has 1 amide bonds. The van der Waals surface area contributed by atoms with E-state index in [0.717, 1.165) is 22.8 Å². The predicted octanol–water partition coefficient (Wildman–Crippen LogP) is 2.78. The van der Waals surface area contributed by atoms with Crippen molar-refractivity contribution in [2.45, 2.75) is 20.8 Å². The van der Waals surface area contributed by atoms with Crippen molar-refractivity contribution in [3.05, 3.63) is 59.7 Å². The second kappa shape index (κ2) is 5.72. The van der Waals surface area contributed by atoms with Gasteiger partial charge in [-0.25, -0.2) is 9.97 Å². The fourth-order valence-corrected chi connectivity index (χ4v) is 2.53. The molecule has 0 bridgehead atoms. The van der Waals surface area contributed by atoms with Gasteiger partial charge in [0, 0.05) is 24.1 Å². The molecule has 118 valence electrons. The first-order valence-electron chi connectivity index (χ1n) is 7.37. The molecule has 0 unspecified atom stereocenters. The highest BCUT2D eigenvalue weighted by Gasteiger charge is 2.14. The van der Waals surface area contributed by atoms with Gasteiger partial charge in [-0.15, -0.1) is 0 Å². The number of benzene rings is 1. The maximum absolute atomic E-state index is 12.3. The van der Waals surface area contributed by atoms with Crippen LogP contribution in [0, 0.1) is 20.8 Å². The predicted molar refractivity (Wildman–Crippen MR) is 88.9 cm³/mol. The highest BCUT2D eigenvalue weighted by molar-refractivity contribution is 6.03. The molecular formula is C17H19N5O. The second-order valence-corrected chi connectivity index (χ2v) is 5.58. The Labute approximate surface area is 134 Å². The van der Waals surface area contributed by atoms with Crippen molar-refractivity contribution in [1.82, 2.24) is 19.1 Å². The van der Waals surface area contributed by atoms with Crippen molar-refractivity contribution in [2.24, 2.45) is 7.05 Å². The maximum atomic E-state index is 12.3. The van der Waals surface area contributed by atoms with Crippen molar-refractivity contribution in [3.63, 3.8) is 0 Å². The second-order valence-electron chi connectivity index (χ2n) is 5.58. The van der Waals surface area contributed by atoms with E-state index in [-0.39, 0.29) is 5.91 Å². The molecule has 6 heteroatoms. The number of nitrogens with zero attached hydrogens (tertiary/aromatic N) is 4. The molecular weight excluding hydrogens is 290 g/mol. The number of rotatable bonds is 3. The average Bonchev–Trinajstić information content (AvgIpc) is 3.03. The van der Waals surface area contributed by atoms with Gasteiger partial charge in [0.15, 0.2) is 0 Å². The Morgan fingerprint density at radius 1 is 1.00 bits per heavy atom. The Bertz CT molecular complexity index is 838. The number of carbonyl (C=O) groups excluding carboxylic acids is 1. The van der Waals surface area contributed by atoms with Crippen LogP contribution in [0.15, 0.2) is 36.9 Å². The number of anilines is 1. The Morgan fingerprint density at radius 2 is 1.65 bits per heavy atom. The zero-order chi connectivity index (χ0) is 16.6. The molecule has 0 radical (unpaired) electrons. The van der Waals surface area contributed by atoms with Gasteiger partial charge in [0.05, 0.1) is 24.0 Å². The topological polar surface area (TPSA) is 64.7 Å². The fourth-order valence-electron chi connectivity index (χ4n) is 2.53. The minimum absolute atomic E-state index is 0.162. The van der Waals surface area contributed by atoms with Crippen LogP contribution in [0.1, 0.15) is 27.6 Å². The molecule has 0 aliphatic carbocycles. The Kier molecular flexibility index (Phi) is 3.73. The number of hydrogen-bond donors (Lipinski definition) is 1. The molecule has 0 saturated carbocycles. The minimum atomic E-state index is -0.162. The van der Waals surface area contributed by atoms with Crippen LogP contribution in [0.3, 0.4) is 0 Å². The van der Waals surface area contributed by atoms with E-state index >= 15 is 0 Å². The van der Waals surface area contributed by atoms with E-state index in [1.165, 1.54) is 0 Å². The largest absolute Gasteiger partial charge is 0.330 e. The summed E-state index contributed by atoms with van der Waals surface area (Å²) in [5.74, 6) is -0.162. The van der Waals surface area contributed by atoms with Crippen molar-refractivity contribution < 1.29 is 4.79 Å². The molecule has 0 atom stereocenters. The molecule has 6 nitrogen and oxygen atoms in total. The Morgan fingerprint density at radius 3 is 2.17 bits per heavy atom. The van der Waals surface area contributed by atoms with Crippen LogP contribution in [0.2, 0.25) is 0 Å². The lowest BCUT2D eigenvalue weighted by Gasteiger charge is -2.09. The molecule has 0 aliphatic heterocycles. The van der Waals surface area contributed by atoms with Crippen LogP contribution in [-0.2, 0) is 7.05 Å². The Hall–Kier alpha value is -2.89. The van der Waals surface area contributed by atoms with Crippen LogP contribution in [0.25, 0.3) is 5.69 Å². The number of hydrogen-bond acceptors (Lipinski definition) is 3. The fraction of sp³-hybridized carbons (Fsp3) is 0.235. The summed E-state index contributed by atoms with van der Waals surface area (Å²) in [5, 5.41) is 2.90. The van der Waals surface area contributed by atoms with Crippen molar-refractivity contribution in [3.8, 4) is 5.69 Å². The van der Waals surface area contributed by atoms with E-state index in [1.807, 2.05) is 56.7 Å². The molecule has 2 heterocycles. The van der Waals surface area contributed by atoms with Crippen LogP contribution in [0.5, 0.6) is 0 Å². The van der Waals surface area contributed by atoms with Gasteiger partial charge in [-0.05, 0) is 45.0 Å². The number of nitrogens with one attached hydrogen (secondary N) is 1. The molecule has 0 saturated heterocycles. The average molecular weight is 309 g/mol. The normalized spacial score (nSPS) is 10.8. The summed E-state index contributed by atoms with van der Waals surface area (Å²) >= 11 is 0. The van der Waals surface area contributed by atoms with Crippen LogP contribution in [-0.4, -0.2) is 25.0 Å². The highest BCUT2D eigenvalue weighted by atomic mass is 16.2. The summed E-state index contributed by atoms with van der Waals surface area (Å²) in [5.41, 5.74) is 5.15. The number of aryl methyl sites for hydroxylation is 3. The smallest absolute Gasteiger partial charge is 0.274 e. The highest BCUT2D eigenvalue weighted by Crippen LogP contribution is 2.17. The first-order chi connectivity index (χ1) is 11.0. The van der Waals surface area contributed by atoms with E-state index in [0.29, 0.717) is 11.4 Å². The number of carbonyl (C=O) groups is 1. The molecule has 0 fully saturated rings. The van der Waals surface area contributed by atoms with Crippen molar-refractivity contribution in [2.75, 3.05) is 5.32 Å². The summed E-state index contributed by atoms with van der Waals surface area (Å²) in [6.45, 7) is 5.84. The van der Waals surface area contributed by atoms with Gasteiger partial charge < -0.3 is 14.5 Å². The summed E-state index contributed by atoms with van der Waals surface area (Å²) in [6.07, 6.45) is 3.44. The molecule has 23 heavy (non-hydrogen) atoms. The molecule has 1 N–H and O–H groups in total. The maximum Gasteiger partial charge on any atom is 0.274 e. The van der Waals surface area contributed by atoms with Gasteiger partial charge in [-0.2, -0.15) is 0 Å². The number of aromatic nitrogens is 4. The van der Waals surface area contributed by atoms with Crippen LogP contribution in [0.4, 0.5) is 5.69 Å². The number of imidazole rings is 2. The van der Waals surface area contributed by atoms with Gasteiger partial charge in [0.2, 0.25) is 0 Å². The van der Waals surface area contributed by atoms with Gasteiger partial charge in [-0.1, -0.05) is 0 Å². The summed E-state index contributed by atoms with van der Waals surface area (Å²) < 4.78 is 3.74. The third-order valence-corrected chi connectivity index (χ3v) is 3.99. The SMILES string of the molecule is Cc1ncn(C)c1C(=O)Nc1ccc(-n2cnc(C)c2C)cc1. The van der Waals surface area contributed by atoms with Crippen molar-refractivity contribution >= 4 is 11.6 Å². The summed E-state index contributed by atoms with van der Waals surface area (Å²) in [7, 11) is 1.81. The summed E-state index contributed by atoms with van der Waals surface area (Å²) in [4.78, 5) is 20.8. The molecule has 1 aromatic carbocycles. The van der Waals surface area contributed by atoms with Gasteiger partial charge >= 0.3 is 0 Å². The summed E-state index contributed by atoms with van der Waals surface area (Å²) in [6, 6.07) is 7.68. The van der Waals surface area contributed by atoms with Gasteiger partial charge in [-0.3, -0.25) is 4.79 Å². The lowest BCUT2D eigenvalue weighted by Crippen LogP contribution is -2.16. The zero-order valence-corrected chi connectivity index (χ0v) is 13.7. The van der Waals surface area contributed by atoms with E-state index < -0.39 is 0 Å². The molecule has 0 aliphatic rings. The lowest BCUT2D eigenvalue weighted by molar-refractivity contribution is 0.101. The quantitative estimate of drug-likeness (QED) is 0.809. The first-order valence-corrected chi connectivity index (χ1v) is 7.37. The van der Waals surface area contributed by atoms with E-state index in [1.54, 1.807) is 17.2 Å². The van der Waals surface area contributed by atoms with Gasteiger partial charge in [0.25, 0.3) is 5.91 Å². The van der Waals surface area contributed by atoms with E-state index in [9.17, 15) is 4.79 Å². The molecule has 3 rings (SSSR count). The first kappa shape index (κ1) is 15.0. The zero-order valence-electron chi connectivity index (χ0n) is 13.7. The van der Waals surface area contributed by atoms with Gasteiger partial charge in [0.1, 0.15) is 5.69 Å². The molecule has 2 aromatic heterocycles. The van der Waals surface area contributed by atoms with Crippen LogP contribution >= 0.6 is 0 Å². The van der Waals surface area contributed by atoms with E-state index in [4.69, 9.17) is 0 Å². The third-order valence-electron chi connectivity index (χ3n) is 3.99. The molecule has 3 aromatic rings. The third kappa shape index (κ3) is 2.75. The standard InChI is InChI=1S/C17H19N5O/c1-11-13(3)22(10-19-11)15-7-5-14(6-8-15)20-17(23)16-12(2)18-9-21(16)4/h5-10H,1-4H3,(H,20,23). The number of amides is 1. The lowest BCUT2D eigenvalue weighted by atomic mass is 10.2. The van der Waals surface area contributed by atoms with Crippen LogP contribution < -0.4 is 5.32 Å². The Balaban J connectivity index is 1.80. The van der Waals surface area contributed by atoms with Crippen molar-refractivity contribution in [1.29, 1.82) is 0 Å². The monoisotopic (exact) mass is 309 g/mol. The molecule has 0 spiro atoms. The minimum Gasteiger partial charge on any atom is -0.330 e. The van der Waals surface area contributed by atoms with E-state index in [2.05, 4.69) is 15.3 Å².